The van der Waals surface area contributed by atoms with E-state index < -0.39 is 4.92 Å². The van der Waals surface area contributed by atoms with Crippen LogP contribution in [0.3, 0.4) is 0 Å². The molecule has 4 aromatic rings. The van der Waals surface area contributed by atoms with Crippen molar-refractivity contribution in [2.24, 2.45) is 0 Å². The first-order valence-electron chi connectivity index (χ1n) is 9.73. The number of carbonyl (C=O) groups is 1. The summed E-state index contributed by atoms with van der Waals surface area (Å²) in [7, 11) is 1.62. The molecule has 0 unspecified atom stereocenters. The molecule has 2 aromatic heterocycles. The minimum Gasteiger partial charge on any atom is -0.497 e. The quantitative estimate of drug-likeness (QED) is 0.337. The standard InChI is InChI=1S/C22H20N6O4/c1-32-21-4-2-3-17(9-21)13-26-14-19(10-23-26)25-22(29)18-7-5-16(6-8-18)12-27-15-20(11-24-27)28(30)31/h2-11,14-15H,12-13H2,1H3,(H,25,29). The van der Waals surface area contributed by atoms with E-state index in [1.54, 1.807) is 48.5 Å². The second-order valence-corrected chi connectivity index (χ2v) is 7.08. The summed E-state index contributed by atoms with van der Waals surface area (Å²) in [5, 5.41) is 21.8. The molecule has 2 aromatic carbocycles. The summed E-state index contributed by atoms with van der Waals surface area (Å²) >= 11 is 0. The highest BCUT2D eigenvalue weighted by molar-refractivity contribution is 6.04. The Bertz CT molecular complexity index is 1250. The van der Waals surface area contributed by atoms with E-state index in [9.17, 15) is 14.9 Å². The lowest BCUT2D eigenvalue weighted by molar-refractivity contribution is -0.385. The van der Waals surface area contributed by atoms with Crippen LogP contribution in [0.15, 0.2) is 73.3 Å². The number of nitrogens with one attached hydrogen (secondary N) is 1. The van der Waals surface area contributed by atoms with E-state index in [-0.39, 0.29) is 11.6 Å². The summed E-state index contributed by atoms with van der Waals surface area (Å²) in [5.41, 5.74) is 2.91. The summed E-state index contributed by atoms with van der Waals surface area (Å²) < 4.78 is 8.44. The van der Waals surface area contributed by atoms with E-state index in [1.807, 2.05) is 24.3 Å². The van der Waals surface area contributed by atoms with Crippen molar-refractivity contribution in [1.29, 1.82) is 0 Å². The molecule has 0 spiro atoms. The molecule has 0 aliphatic rings. The summed E-state index contributed by atoms with van der Waals surface area (Å²) in [4.78, 5) is 22.8. The van der Waals surface area contributed by atoms with Gasteiger partial charge in [0.05, 0.1) is 37.0 Å². The van der Waals surface area contributed by atoms with Crippen LogP contribution in [0, 0.1) is 10.1 Å². The molecule has 10 nitrogen and oxygen atoms in total. The van der Waals surface area contributed by atoms with Gasteiger partial charge in [-0.2, -0.15) is 10.2 Å². The third-order valence-corrected chi connectivity index (χ3v) is 4.76. The molecule has 0 radical (unpaired) electrons. The number of amides is 1. The number of methoxy groups -OCH3 is 1. The molecule has 0 aliphatic carbocycles. The van der Waals surface area contributed by atoms with Crippen molar-refractivity contribution in [1.82, 2.24) is 19.6 Å². The average molecular weight is 432 g/mol. The van der Waals surface area contributed by atoms with E-state index in [0.717, 1.165) is 16.9 Å². The maximum absolute atomic E-state index is 12.6. The average Bonchev–Trinajstić information content (AvgIpc) is 3.44. The minimum atomic E-state index is -0.490. The molecule has 0 saturated carbocycles. The predicted octanol–water partition coefficient (Wildman–Crippen LogP) is 3.35. The molecule has 162 valence electrons. The van der Waals surface area contributed by atoms with Gasteiger partial charge in [-0.05, 0) is 35.4 Å². The van der Waals surface area contributed by atoms with Crippen molar-refractivity contribution in [2.45, 2.75) is 13.1 Å². The van der Waals surface area contributed by atoms with Gasteiger partial charge in [-0.1, -0.05) is 24.3 Å². The van der Waals surface area contributed by atoms with E-state index in [4.69, 9.17) is 4.74 Å². The predicted molar refractivity (Wildman–Crippen MR) is 117 cm³/mol. The molecular formula is C22H20N6O4. The molecule has 1 amide bonds. The first-order chi connectivity index (χ1) is 15.5. The molecule has 1 N–H and O–H groups in total. The van der Waals surface area contributed by atoms with Gasteiger partial charge in [0.15, 0.2) is 0 Å². The smallest absolute Gasteiger partial charge is 0.307 e. The molecule has 0 saturated heterocycles. The van der Waals surface area contributed by atoms with Crippen LogP contribution in [-0.4, -0.2) is 37.5 Å². The summed E-state index contributed by atoms with van der Waals surface area (Å²) in [6, 6.07) is 14.7. The number of carbonyl (C=O) groups excluding carboxylic acids is 1. The van der Waals surface area contributed by atoms with Gasteiger partial charge >= 0.3 is 5.69 Å². The fourth-order valence-electron chi connectivity index (χ4n) is 3.16. The van der Waals surface area contributed by atoms with Crippen LogP contribution in [0.4, 0.5) is 11.4 Å². The van der Waals surface area contributed by atoms with E-state index in [1.165, 1.54) is 17.1 Å². The fraction of sp³-hybridized carbons (Fsp3) is 0.136. The fourth-order valence-corrected chi connectivity index (χ4v) is 3.16. The van der Waals surface area contributed by atoms with Crippen LogP contribution < -0.4 is 10.1 Å². The van der Waals surface area contributed by atoms with Gasteiger partial charge in [0.2, 0.25) is 0 Å². The second kappa shape index (κ2) is 9.13. The number of rotatable bonds is 8. The first-order valence-corrected chi connectivity index (χ1v) is 9.73. The zero-order chi connectivity index (χ0) is 22.5. The molecule has 2 heterocycles. The Morgan fingerprint density at radius 3 is 2.47 bits per heavy atom. The zero-order valence-corrected chi connectivity index (χ0v) is 17.2. The summed E-state index contributed by atoms with van der Waals surface area (Å²) in [6.07, 6.45) is 5.92. The Balaban J connectivity index is 1.36. The third kappa shape index (κ3) is 4.98. The van der Waals surface area contributed by atoms with Crippen LogP contribution in [0.25, 0.3) is 0 Å². The highest BCUT2D eigenvalue weighted by atomic mass is 16.6. The molecule has 0 atom stereocenters. The Hall–Kier alpha value is -4.47. The lowest BCUT2D eigenvalue weighted by Crippen LogP contribution is -2.11. The van der Waals surface area contributed by atoms with E-state index in [0.29, 0.717) is 24.3 Å². The maximum Gasteiger partial charge on any atom is 0.307 e. The summed E-state index contributed by atoms with van der Waals surface area (Å²) in [6.45, 7) is 0.917. The number of anilines is 1. The number of nitro groups is 1. The molecule has 0 bridgehead atoms. The van der Waals surface area contributed by atoms with E-state index >= 15 is 0 Å². The molecular weight excluding hydrogens is 412 g/mol. The lowest BCUT2D eigenvalue weighted by atomic mass is 10.1. The normalized spacial score (nSPS) is 10.7. The second-order valence-electron chi connectivity index (χ2n) is 7.08. The van der Waals surface area contributed by atoms with Crippen LogP contribution in [0.5, 0.6) is 5.75 Å². The van der Waals surface area contributed by atoms with Gasteiger partial charge in [0, 0.05) is 11.8 Å². The van der Waals surface area contributed by atoms with Crippen LogP contribution in [-0.2, 0) is 13.1 Å². The molecule has 0 fully saturated rings. The van der Waals surface area contributed by atoms with Crippen molar-refractivity contribution in [3.63, 3.8) is 0 Å². The van der Waals surface area contributed by atoms with Crippen LogP contribution in [0.1, 0.15) is 21.5 Å². The molecule has 4 rings (SSSR count). The number of hydrogen-bond acceptors (Lipinski definition) is 6. The van der Waals surface area contributed by atoms with Crippen molar-refractivity contribution in [3.8, 4) is 5.75 Å². The van der Waals surface area contributed by atoms with Gasteiger partial charge < -0.3 is 10.1 Å². The Morgan fingerprint density at radius 1 is 1.03 bits per heavy atom. The monoisotopic (exact) mass is 432 g/mol. The topological polar surface area (TPSA) is 117 Å². The Morgan fingerprint density at radius 2 is 1.75 bits per heavy atom. The van der Waals surface area contributed by atoms with Crippen molar-refractivity contribution < 1.29 is 14.5 Å². The van der Waals surface area contributed by atoms with Gasteiger partial charge in [-0.3, -0.25) is 24.3 Å². The SMILES string of the molecule is COc1cccc(Cn2cc(NC(=O)c3ccc(Cn4cc([N+](=O)[O-])cn4)cc3)cn2)c1. The van der Waals surface area contributed by atoms with Crippen LogP contribution >= 0.6 is 0 Å². The lowest BCUT2D eigenvalue weighted by Gasteiger charge is -2.06. The molecule has 32 heavy (non-hydrogen) atoms. The van der Waals surface area contributed by atoms with Crippen molar-refractivity contribution in [3.05, 3.63) is 100 Å². The van der Waals surface area contributed by atoms with Crippen molar-refractivity contribution in [2.75, 3.05) is 12.4 Å². The first kappa shape index (κ1) is 20.8. The van der Waals surface area contributed by atoms with Gasteiger partial charge in [-0.25, -0.2) is 0 Å². The minimum absolute atomic E-state index is 0.0621. The van der Waals surface area contributed by atoms with Gasteiger partial charge in [-0.15, -0.1) is 0 Å². The van der Waals surface area contributed by atoms with Gasteiger partial charge in [0.25, 0.3) is 5.91 Å². The zero-order valence-electron chi connectivity index (χ0n) is 17.2. The van der Waals surface area contributed by atoms with Crippen LogP contribution in [0.2, 0.25) is 0 Å². The number of hydrogen-bond donors (Lipinski definition) is 1. The van der Waals surface area contributed by atoms with Gasteiger partial charge in [0.1, 0.15) is 18.1 Å². The number of ether oxygens (including phenoxy) is 1. The summed E-state index contributed by atoms with van der Waals surface area (Å²) in [5.74, 6) is 0.518. The number of nitrogens with zero attached hydrogens (tertiary/aromatic N) is 5. The largest absolute Gasteiger partial charge is 0.497 e. The van der Waals surface area contributed by atoms with Crippen molar-refractivity contribution >= 4 is 17.3 Å². The van der Waals surface area contributed by atoms with E-state index in [2.05, 4.69) is 15.5 Å². The molecule has 0 aliphatic heterocycles. The molecule has 10 heteroatoms. The Labute approximate surface area is 183 Å². The third-order valence-electron chi connectivity index (χ3n) is 4.76. The highest BCUT2D eigenvalue weighted by Gasteiger charge is 2.11. The highest BCUT2D eigenvalue weighted by Crippen LogP contribution is 2.16. The maximum atomic E-state index is 12.6. The Kier molecular flexibility index (Phi) is 5.93. The number of benzene rings is 2. The number of aromatic nitrogens is 4.